The molecule has 0 spiro atoms. The van der Waals surface area contributed by atoms with Crippen molar-refractivity contribution in [1.29, 1.82) is 0 Å². The van der Waals surface area contributed by atoms with E-state index in [9.17, 15) is 29.2 Å². The Morgan fingerprint density at radius 3 is 2.72 bits per heavy atom. The van der Waals surface area contributed by atoms with Crippen LogP contribution in [0.25, 0.3) is 11.2 Å². The van der Waals surface area contributed by atoms with Crippen LogP contribution in [0.15, 0.2) is 12.7 Å². The number of carbonyl (C=O) groups is 3. The number of aliphatic hydroxyl groups excluding tert-OH is 2. The van der Waals surface area contributed by atoms with Crippen molar-refractivity contribution in [2.45, 2.75) is 75.8 Å². The predicted octanol–water partition coefficient (Wildman–Crippen LogP) is 0.493. The standard InChI is InChI=1S/C25H36N7O13PS/c1-12(2)42-25(37)40-11-47-46(38,45-19-14(7-33)44-23(20(19)39-3)31-5-4-16(35)30-24(31)36)41-8-15-13(34)6-17(43-15)32-10-29-18-21(26)27-9-28-22(18)32/h9-10,12-15,17,19-20,23,33-34H,4-8,11H2,1-3H3,(H2,26,27,28)(H,30,35,36). The summed E-state index contributed by atoms with van der Waals surface area (Å²) >= 11 is 0.490. The highest BCUT2D eigenvalue weighted by atomic mass is 32.7. The number of nitrogen functional groups attached to an aromatic ring is 1. The zero-order valence-corrected chi connectivity index (χ0v) is 27.3. The molecule has 5 N–H and O–H groups in total. The Balaban J connectivity index is 1.31. The Morgan fingerprint density at radius 1 is 1.23 bits per heavy atom. The Bertz CT molecular complexity index is 1500. The molecular formula is C25H36N7O13PS. The monoisotopic (exact) mass is 705 g/mol. The average Bonchev–Trinajstić information content (AvgIpc) is 3.71. The third kappa shape index (κ3) is 7.95. The number of hydrogen-bond acceptors (Lipinski definition) is 18. The molecule has 22 heteroatoms. The van der Waals surface area contributed by atoms with E-state index < -0.39 is 93.1 Å². The number of nitrogens with zero attached hydrogens (tertiary/aromatic N) is 5. The van der Waals surface area contributed by atoms with Crippen molar-refractivity contribution in [3.05, 3.63) is 12.7 Å². The fourth-order valence-electron chi connectivity index (χ4n) is 5.20. The number of aromatic nitrogens is 4. The second-order valence-corrected chi connectivity index (χ2v) is 14.9. The van der Waals surface area contributed by atoms with Gasteiger partial charge in [0.15, 0.2) is 23.6 Å². The maximum Gasteiger partial charge on any atom is 0.509 e. The molecule has 8 atom stereocenters. The Labute approximate surface area is 271 Å². The van der Waals surface area contributed by atoms with Gasteiger partial charge in [-0.3, -0.25) is 28.6 Å². The molecule has 3 aliphatic rings. The largest absolute Gasteiger partial charge is 0.509 e. The van der Waals surface area contributed by atoms with Gasteiger partial charge in [0.05, 0.1) is 31.7 Å². The molecule has 2 aromatic heterocycles. The Hall–Kier alpha value is -3.14. The lowest BCUT2D eigenvalue weighted by Gasteiger charge is -2.34. The molecule has 3 saturated heterocycles. The van der Waals surface area contributed by atoms with Crippen molar-refractivity contribution in [2.24, 2.45) is 0 Å². The summed E-state index contributed by atoms with van der Waals surface area (Å²) in [4.78, 5) is 49.7. The summed E-state index contributed by atoms with van der Waals surface area (Å²) < 4.78 is 54.9. The van der Waals surface area contributed by atoms with Gasteiger partial charge in [-0.2, -0.15) is 0 Å². The van der Waals surface area contributed by atoms with Gasteiger partial charge in [-0.05, 0) is 13.8 Å². The van der Waals surface area contributed by atoms with Gasteiger partial charge in [0.1, 0.15) is 42.5 Å². The van der Waals surface area contributed by atoms with E-state index in [1.807, 2.05) is 0 Å². The number of nitrogens with two attached hydrogens (primary N) is 1. The third-order valence-corrected chi connectivity index (χ3v) is 10.7. The second kappa shape index (κ2) is 15.0. The number of carbonyl (C=O) groups excluding carboxylic acids is 3. The number of imide groups is 1. The summed E-state index contributed by atoms with van der Waals surface area (Å²) in [5.41, 5.74) is 6.62. The van der Waals surface area contributed by atoms with Crippen molar-refractivity contribution in [1.82, 2.24) is 29.7 Å². The predicted molar refractivity (Wildman–Crippen MR) is 159 cm³/mol. The van der Waals surface area contributed by atoms with Crippen LogP contribution in [-0.2, 0) is 42.1 Å². The molecule has 5 heterocycles. The van der Waals surface area contributed by atoms with Gasteiger partial charge in [-0.15, -0.1) is 0 Å². The SMILES string of the molecule is COC1C(OP(=O)(OCC2OC(n3cnc4c(N)ncnc43)CC2O)SCOC(=O)OC(C)C)C(CO)OC1N1CCC(=O)NC1=O. The first kappa shape index (κ1) is 35.2. The smallest absolute Gasteiger partial charge is 0.432 e. The highest BCUT2D eigenvalue weighted by molar-refractivity contribution is 8.55. The average molecular weight is 706 g/mol. The van der Waals surface area contributed by atoms with Crippen molar-refractivity contribution < 1.29 is 61.9 Å². The zero-order valence-electron chi connectivity index (χ0n) is 25.6. The fraction of sp³-hybridized carbons (Fsp3) is 0.680. The van der Waals surface area contributed by atoms with Gasteiger partial charge in [0.25, 0.3) is 0 Å². The van der Waals surface area contributed by atoms with E-state index in [1.54, 1.807) is 18.4 Å². The maximum absolute atomic E-state index is 14.2. The first-order valence-corrected chi connectivity index (χ1v) is 17.6. The molecule has 3 amide bonds. The number of methoxy groups -OCH3 is 1. The first-order valence-electron chi connectivity index (χ1n) is 14.5. The van der Waals surface area contributed by atoms with Crippen molar-refractivity contribution in [3.8, 4) is 0 Å². The summed E-state index contributed by atoms with van der Waals surface area (Å²) in [6, 6.07) is -0.738. The number of urea groups is 1. The second-order valence-electron chi connectivity index (χ2n) is 10.9. The minimum absolute atomic E-state index is 0.00145. The number of nitrogens with one attached hydrogen (secondary N) is 1. The summed E-state index contributed by atoms with van der Waals surface area (Å²) in [5, 5.41) is 23.1. The molecule has 0 bridgehead atoms. The van der Waals surface area contributed by atoms with Crippen molar-refractivity contribution in [2.75, 3.05) is 38.5 Å². The molecule has 2 aromatic rings. The summed E-state index contributed by atoms with van der Waals surface area (Å²) in [6.07, 6.45) is -6.15. The number of amides is 3. The van der Waals surface area contributed by atoms with Gasteiger partial charge < -0.3 is 39.6 Å². The highest BCUT2D eigenvalue weighted by Gasteiger charge is 2.53. The van der Waals surface area contributed by atoms with Crippen LogP contribution in [-0.4, -0.2) is 128 Å². The van der Waals surface area contributed by atoms with Crippen LogP contribution in [0.3, 0.4) is 0 Å². The molecular weight excluding hydrogens is 669 g/mol. The number of aliphatic hydroxyl groups is 2. The normalized spacial score (nSPS) is 29.3. The van der Waals surface area contributed by atoms with Crippen LogP contribution in [0, 0.1) is 0 Å². The van der Waals surface area contributed by atoms with Gasteiger partial charge in [0.2, 0.25) is 5.91 Å². The summed E-state index contributed by atoms with van der Waals surface area (Å²) in [7, 11) is 1.30. The number of anilines is 1. The number of hydrogen-bond donors (Lipinski definition) is 4. The lowest BCUT2D eigenvalue weighted by Crippen LogP contribution is -2.57. The van der Waals surface area contributed by atoms with Gasteiger partial charge in [0, 0.05) is 37.9 Å². The number of imidazole rings is 1. The number of fused-ring (bicyclic) bond motifs is 1. The van der Waals surface area contributed by atoms with E-state index in [1.165, 1.54) is 24.7 Å². The van der Waals surface area contributed by atoms with E-state index >= 15 is 0 Å². The highest BCUT2D eigenvalue weighted by Crippen LogP contribution is 2.63. The molecule has 8 unspecified atom stereocenters. The molecule has 0 aromatic carbocycles. The molecule has 0 radical (unpaired) electrons. The van der Waals surface area contributed by atoms with Crippen LogP contribution < -0.4 is 11.1 Å². The van der Waals surface area contributed by atoms with Gasteiger partial charge >= 0.3 is 19.0 Å². The molecule has 3 fully saturated rings. The van der Waals surface area contributed by atoms with Crippen LogP contribution in [0.5, 0.6) is 0 Å². The Kier molecular flexibility index (Phi) is 11.2. The first-order chi connectivity index (χ1) is 22.4. The van der Waals surface area contributed by atoms with Gasteiger partial charge in [-0.25, -0.2) is 29.1 Å². The molecule has 0 aliphatic carbocycles. The van der Waals surface area contributed by atoms with E-state index in [0.717, 1.165) is 0 Å². The van der Waals surface area contributed by atoms with E-state index in [-0.39, 0.29) is 25.2 Å². The van der Waals surface area contributed by atoms with E-state index in [2.05, 4.69) is 20.3 Å². The Morgan fingerprint density at radius 2 is 2.02 bits per heavy atom. The van der Waals surface area contributed by atoms with E-state index in [4.69, 9.17) is 38.5 Å². The molecule has 260 valence electrons. The molecule has 3 aliphatic heterocycles. The minimum atomic E-state index is -4.36. The van der Waals surface area contributed by atoms with Gasteiger partial charge in [-0.1, -0.05) is 0 Å². The maximum atomic E-state index is 14.2. The topological polar surface area (TPSA) is 258 Å². The van der Waals surface area contributed by atoms with Crippen LogP contribution in [0.4, 0.5) is 15.4 Å². The molecule has 0 saturated carbocycles. The summed E-state index contributed by atoms with van der Waals surface area (Å²) in [6.45, 7) is -2.20. The van der Waals surface area contributed by atoms with E-state index in [0.29, 0.717) is 22.5 Å². The minimum Gasteiger partial charge on any atom is -0.432 e. The summed E-state index contributed by atoms with van der Waals surface area (Å²) in [5.74, 6) is -0.825. The molecule has 47 heavy (non-hydrogen) atoms. The number of ether oxygens (including phenoxy) is 5. The van der Waals surface area contributed by atoms with Crippen LogP contribution in [0.1, 0.15) is 32.9 Å². The van der Waals surface area contributed by atoms with Crippen molar-refractivity contribution in [3.63, 3.8) is 0 Å². The zero-order chi connectivity index (χ0) is 33.9. The third-order valence-electron chi connectivity index (χ3n) is 7.40. The quantitative estimate of drug-likeness (QED) is 0.126. The van der Waals surface area contributed by atoms with Crippen molar-refractivity contribution >= 4 is 53.3 Å². The lowest BCUT2D eigenvalue weighted by atomic mass is 10.1. The molecule has 20 nitrogen and oxygen atoms in total. The fourth-order valence-corrected chi connectivity index (χ4v) is 7.99. The van der Waals surface area contributed by atoms with Crippen LogP contribution >= 0.6 is 18.2 Å². The van der Waals surface area contributed by atoms with Crippen LogP contribution in [0.2, 0.25) is 0 Å². The number of rotatable bonds is 13. The lowest BCUT2D eigenvalue weighted by molar-refractivity contribution is -0.126. The molecule has 5 rings (SSSR count).